The highest BCUT2D eigenvalue weighted by Crippen LogP contribution is 2.20. The quantitative estimate of drug-likeness (QED) is 0.545. The summed E-state index contributed by atoms with van der Waals surface area (Å²) in [6, 6.07) is 8.46. The molecule has 0 saturated heterocycles. The molecule has 1 N–H and O–H groups in total. The molecule has 1 heterocycles. The summed E-state index contributed by atoms with van der Waals surface area (Å²) in [6.07, 6.45) is 7.51. The number of benzene rings is 1. The van der Waals surface area contributed by atoms with Crippen LogP contribution in [0.5, 0.6) is 0 Å². The fourth-order valence-electron chi connectivity index (χ4n) is 3.18. The summed E-state index contributed by atoms with van der Waals surface area (Å²) < 4.78 is 2.35. The second kappa shape index (κ2) is 11.1. The van der Waals surface area contributed by atoms with E-state index in [2.05, 4.69) is 59.8 Å². The Morgan fingerprint density at radius 2 is 1.60 bits per heavy atom. The molecule has 0 unspecified atom stereocenters. The van der Waals surface area contributed by atoms with Gasteiger partial charge in [0, 0.05) is 19.6 Å². The molecule has 0 saturated carbocycles. The summed E-state index contributed by atoms with van der Waals surface area (Å²) in [6.45, 7) is 12.3. The van der Waals surface area contributed by atoms with Crippen LogP contribution in [0.15, 0.2) is 24.3 Å². The summed E-state index contributed by atoms with van der Waals surface area (Å²) in [4.78, 5) is 7.42. The highest BCUT2D eigenvalue weighted by Gasteiger charge is 2.10. The second-order valence-corrected chi connectivity index (χ2v) is 6.90. The number of aromatic nitrogens is 2. The van der Waals surface area contributed by atoms with Crippen LogP contribution in [0, 0.1) is 0 Å². The lowest BCUT2D eigenvalue weighted by Crippen LogP contribution is -2.31. The van der Waals surface area contributed by atoms with Gasteiger partial charge >= 0.3 is 0 Å². The van der Waals surface area contributed by atoms with Gasteiger partial charge in [-0.3, -0.25) is 0 Å². The van der Waals surface area contributed by atoms with E-state index >= 15 is 0 Å². The molecular formula is C21H36N4. The average Bonchev–Trinajstić information content (AvgIpc) is 2.99. The second-order valence-electron chi connectivity index (χ2n) is 6.90. The third kappa shape index (κ3) is 6.03. The maximum Gasteiger partial charge on any atom is 0.203 e. The fourth-order valence-corrected chi connectivity index (χ4v) is 3.18. The minimum Gasteiger partial charge on any atom is -0.354 e. The lowest BCUT2D eigenvalue weighted by molar-refractivity contribution is 0.275. The SMILES string of the molecule is CCCCN(CCCC)CCNc1nc2ccccc2n1CCCC. The van der Waals surface area contributed by atoms with Gasteiger partial charge in [0.1, 0.15) is 0 Å². The summed E-state index contributed by atoms with van der Waals surface area (Å²) in [5.41, 5.74) is 2.34. The standard InChI is InChI=1S/C21H36N4/c1-4-7-15-24(16-8-5-2)18-14-22-21-23-19-12-10-11-13-20(19)25(21)17-9-6-3/h10-13H,4-9,14-18H2,1-3H3,(H,22,23). The molecule has 0 atom stereocenters. The maximum absolute atomic E-state index is 4.82. The number of rotatable bonds is 13. The van der Waals surface area contributed by atoms with Crippen molar-refractivity contribution in [3.63, 3.8) is 0 Å². The van der Waals surface area contributed by atoms with E-state index in [4.69, 9.17) is 4.98 Å². The van der Waals surface area contributed by atoms with Crippen LogP contribution in [0.25, 0.3) is 11.0 Å². The topological polar surface area (TPSA) is 33.1 Å². The van der Waals surface area contributed by atoms with Gasteiger partial charge in [-0.15, -0.1) is 0 Å². The first kappa shape index (κ1) is 19.8. The molecule has 0 aliphatic carbocycles. The maximum atomic E-state index is 4.82. The smallest absolute Gasteiger partial charge is 0.203 e. The Kier molecular flexibility index (Phi) is 8.81. The summed E-state index contributed by atoms with van der Waals surface area (Å²) in [7, 11) is 0. The molecule has 0 spiro atoms. The zero-order valence-electron chi connectivity index (χ0n) is 16.4. The predicted octanol–water partition coefficient (Wildman–Crippen LogP) is 5.15. The number of hydrogen-bond acceptors (Lipinski definition) is 3. The molecule has 4 nitrogen and oxygen atoms in total. The summed E-state index contributed by atoms with van der Waals surface area (Å²) >= 11 is 0. The number of anilines is 1. The first-order chi connectivity index (χ1) is 12.3. The summed E-state index contributed by atoms with van der Waals surface area (Å²) in [5, 5.41) is 3.61. The molecule has 0 bridgehead atoms. The first-order valence-corrected chi connectivity index (χ1v) is 10.2. The molecular weight excluding hydrogens is 308 g/mol. The Morgan fingerprint density at radius 3 is 2.28 bits per heavy atom. The van der Waals surface area contributed by atoms with Gasteiger partial charge in [-0.25, -0.2) is 4.98 Å². The van der Waals surface area contributed by atoms with Crippen molar-refractivity contribution in [3.05, 3.63) is 24.3 Å². The van der Waals surface area contributed by atoms with Gasteiger partial charge < -0.3 is 14.8 Å². The monoisotopic (exact) mass is 344 g/mol. The van der Waals surface area contributed by atoms with Crippen molar-refractivity contribution < 1.29 is 0 Å². The van der Waals surface area contributed by atoms with Crippen molar-refractivity contribution in [3.8, 4) is 0 Å². The number of para-hydroxylation sites is 2. The highest BCUT2D eigenvalue weighted by atomic mass is 15.2. The zero-order chi connectivity index (χ0) is 17.9. The van der Waals surface area contributed by atoms with Gasteiger partial charge in [0.05, 0.1) is 11.0 Å². The minimum atomic E-state index is 0.961. The number of nitrogens with zero attached hydrogens (tertiary/aromatic N) is 3. The Labute approximate surface area is 153 Å². The number of unbranched alkanes of at least 4 members (excludes halogenated alkanes) is 3. The molecule has 1 aromatic heterocycles. The van der Waals surface area contributed by atoms with Crippen LogP contribution in [-0.4, -0.2) is 40.6 Å². The minimum absolute atomic E-state index is 0.961. The van der Waals surface area contributed by atoms with Crippen molar-refractivity contribution in [2.45, 2.75) is 65.8 Å². The number of fused-ring (bicyclic) bond motifs is 1. The van der Waals surface area contributed by atoms with E-state index in [0.717, 1.165) is 31.1 Å². The average molecular weight is 345 g/mol. The van der Waals surface area contributed by atoms with E-state index < -0.39 is 0 Å². The van der Waals surface area contributed by atoms with Crippen molar-refractivity contribution in [2.24, 2.45) is 0 Å². The van der Waals surface area contributed by atoms with E-state index in [1.165, 1.54) is 57.1 Å². The molecule has 2 aromatic rings. The van der Waals surface area contributed by atoms with E-state index in [0.29, 0.717) is 0 Å². The van der Waals surface area contributed by atoms with E-state index in [9.17, 15) is 0 Å². The van der Waals surface area contributed by atoms with E-state index in [1.54, 1.807) is 0 Å². The highest BCUT2D eigenvalue weighted by molar-refractivity contribution is 5.78. The molecule has 0 fully saturated rings. The van der Waals surface area contributed by atoms with Crippen molar-refractivity contribution in [2.75, 3.05) is 31.5 Å². The molecule has 2 rings (SSSR count). The first-order valence-electron chi connectivity index (χ1n) is 10.2. The van der Waals surface area contributed by atoms with Gasteiger partial charge in [-0.05, 0) is 44.5 Å². The molecule has 25 heavy (non-hydrogen) atoms. The van der Waals surface area contributed by atoms with E-state index in [1.807, 2.05) is 0 Å². The zero-order valence-corrected chi connectivity index (χ0v) is 16.4. The van der Waals surface area contributed by atoms with E-state index in [-0.39, 0.29) is 0 Å². The Bertz CT molecular complexity index is 597. The van der Waals surface area contributed by atoms with Gasteiger partial charge in [0.15, 0.2) is 0 Å². The largest absolute Gasteiger partial charge is 0.354 e. The fraction of sp³-hybridized carbons (Fsp3) is 0.667. The molecule has 0 radical (unpaired) electrons. The summed E-state index contributed by atoms with van der Waals surface area (Å²) in [5.74, 6) is 1.03. The number of aryl methyl sites for hydroxylation is 1. The lowest BCUT2D eigenvalue weighted by atomic mass is 10.2. The van der Waals surface area contributed by atoms with Crippen molar-refractivity contribution >= 4 is 17.0 Å². The van der Waals surface area contributed by atoms with Crippen LogP contribution in [-0.2, 0) is 6.54 Å². The van der Waals surface area contributed by atoms with Gasteiger partial charge in [0.2, 0.25) is 5.95 Å². The Morgan fingerprint density at radius 1 is 0.920 bits per heavy atom. The molecule has 140 valence electrons. The third-order valence-corrected chi connectivity index (χ3v) is 4.76. The van der Waals surface area contributed by atoms with Crippen LogP contribution < -0.4 is 5.32 Å². The lowest BCUT2D eigenvalue weighted by Gasteiger charge is -2.22. The Balaban J connectivity index is 1.98. The van der Waals surface area contributed by atoms with Gasteiger partial charge in [-0.1, -0.05) is 52.2 Å². The van der Waals surface area contributed by atoms with Crippen molar-refractivity contribution in [1.82, 2.24) is 14.5 Å². The number of imidazole rings is 1. The van der Waals surface area contributed by atoms with Crippen molar-refractivity contribution in [1.29, 1.82) is 0 Å². The van der Waals surface area contributed by atoms with Gasteiger partial charge in [-0.2, -0.15) is 0 Å². The molecule has 0 aliphatic rings. The predicted molar refractivity (Wildman–Crippen MR) is 109 cm³/mol. The number of hydrogen-bond donors (Lipinski definition) is 1. The van der Waals surface area contributed by atoms with Crippen LogP contribution in [0.1, 0.15) is 59.3 Å². The third-order valence-electron chi connectivity index (χ3n) is 4.76. The number of nitrogens with one attached hydrogen (secondary N) is 1. The van der Waals surface area contributed by atoms with Crippen LogP contribution >= 0.6 is 0 Å². The molecule has 0 amide bonds. The van der Waals surface area contributed by atoms with Gasteiger partial charge in [0.25, 0.3) is 0 Å². The molecule has 4 heteroatoms. The Hall–Kier alpha value is -1.55. The van der Waals surface area contributed by atoms with Crippen LogP contribution in [0.4, 0.5) is 5.95 Å². The molecule has 0 aliphatic heterocycles. The normalized spacial score (nSPS) is 11.5. The van der Waals surface area contributed by atoms with Crippen LogP contribution in [0.3, 0.4) is 0 Å². The molecule has 1 aromatic carbocycles. The van der Waals surface area contributed by atoms with Crippen LogP contribution in [0.2, 0.25) is 0 Å².